The van der Waals surface area contributed by atoms with Gasteiger partial charge in [0.05, 0.1) is 6.20 Å². The lowest BCUT2D eigenvalue weighted by atomic mass is 10.1. The van der Waals surface area contributed by atoms with Crippen LogP contribution in [0.1, 0.15) is 5.56 Å². The molecule has 1 aromatic heterocycles. The molecule has 0 bridgehead atoms. The van der Waals surface area contributed by atoms with Gasteiger partial charge in [0.1, 0.15) is 18.1 Å². The van der Waals surface area contributed by atoms with Crippen LogP contribution in [0.4, 0.5) is 0 Å². The van der Waals surface area contributed by atoms with Crippen LogP contribution in [0, 0.1) is 0 Å². The van der Waals surface area contributed by atoms with Crippen molar-refractivity contribution in [1.82, 2.24) is 4.98 Å². The van der Waals surface area contributed by atoms with Crippen LogP contribution in [0.2, 0.25) is 0 Å². The summed E-state index contributed by atoms with van der Waals surface area (Å²) in [6.45, 7) is 0.201. The Morgan fingerprint density at radius 3 is 2.65 bits per heavy atom. The molecule has 2 aromatic rings. The van der Waals surface area contributed by atoms with Crippen LogP contribution in [0.5, 0.6) is 5.75 Å². The number of benzene rings is 1. The van der Waals surface area contributed by atoms with Gasteiger partial charge in [-0.15, -0.1) is 0 Å². The summed E-state index contributed by atoms with van der Waals surface area (Å²) in [7, 11) is 0. The second-order valence-corrected chi connectivity index (χ2v) is 3.39. The Morgan fingerprint density at radius 2 is 2.00 bits per heavy atom. The van der Waals surface area contributed by atoms with Gasteiger partial charge in [-0.3, -0.25) is 4.98 Å². The van der Waals surface area contributed by atoms with Crippen molar-refractivity contribution in [3.63, 3.8) is 0 Å². The number of aromatic nitrogens is 1. The summed E-state index contributed by atoms with van der Waals surface area (Å²) in [6, 6.07) is 13.0. The first-order valence-electron chi connectivity index (χ1n) is 5.19. The van der Waals surface area contributed by atoms with Gasteiger partial charge >= 0.3 is 0 Å². The highest BCUT2D eigenvalue weighted by molar-refractivity contribution is 6.01. The Morgan fingerprint density at radius 1 is 1.18 bits per heavy atom. The molecule has 0 aliphatic rings. The third-order valence-corrected chi connectivity index (χ3v) is 2.24. The third kappa shape index (κ3) is 3.04. The van der Waals surface area contributed by atoms with E-state index in [2.05, 4.69) is 10.1 Å². The molecule has 2 rings (SSSR count). The van der Waals surface area contributed by atoms with E-state index in [1.54, 1.807) is 24.5 Å². The lowest BCUT2D eigenvalue weighted by molar-refractivity contribution is 0.308. The second-order valence-electron chi connectivity index (χ2n) is 3.39. The SMILES string of the molecule is O/N=C(\COc1cccnc1)c1ccccc1. The van der Waals surface area contributed by atoms with E-state index in [4.69, 9.17) is 9.94 Å². The Hall–Kier alpha value is -2.36. The van der Waals surface area contributed by atoms with Crippen LogP contribution in [0.3, 0.4) is 0 Å². The first-order chi connectivity index (χ1) is 8.40. The first-order valence-corrected chi connectivity index (χ1v) is 5.19. The Bertz CT molecular complexity index is 483. The smallest absolute Gasteiger partial charge is 0.138 e. The van der Waals surface area contributed by atoms with Crippen molar-refractivity contribution < 1.29 is 9.94 Å². The molecule has 0 radical (unpaired) electrons. The molecule has 0 spiro atoms. The van der Waals surface area contributed by atoms with Crippen molar-refractivity contribution in [3.8, 4) is 5.75 Å². The zero-order valence-electron chi connectivity index (χ0n) is 9.15. The highest BCUT2D eigenvalue weighted by Crippen LogP contribution is 2.08. The predicted molar refractivity (Wildman–Crippen MR) is 64.5 cm³/mol. The van der Waals surface area contributed by atoms with Crippen molar-refractivity contribution in [2.75, 3.05) is 6.61 Å². The predicted octanol–water partition coefficient (Wildman–Crippen LogP) is 2.34. The summed E-state index contributed by atoms with van der Waals surface area (Å²) in [5.74, 6) is 0.643. The molecule has 0 aliphatic carbocycles. The Kier molecular flexibility index (Phi) is 3.70. The molecule has 0 saturated carbocycles. The van der Waals surface area contributed by atoms with Gasteiger partial charge in [0.2, 0.25) is 0 Å². The maximum atomic E-state index is 8.95. The summed E-state index contributed by atoms with van der Waals surface area (Å²) in [5.41, 5.74) is 1.31. The molecule has 0 fully saturated rings. The normalized spacial score (nSPS) is 11.2. The van der Waals surface area contributed by atoms with Gasteiger partial charge in [-0.05, 0) is 12.1 Å². The molecule has 0 saturated heterocycles. The van der Waals surface area contributed by atoms with Crippen molar-refractivity contribution in [2.45, 2.75) is 0 Å². The van der Waals surface area contributed by atoms with E-state index in [9.17, 15) is 0 Å². The van der Waals surface area contributed by atoms with Crippen LogP contribution in [0.25, 0.3) is 0 Å². The molecule has 0 amide bonds. The zero-order valence-corrected chi connectivity index (χ0v) is 9.15. The highest BCUT2D eigenvalue weighted by Gasteiger charge is 2.04. The van der Waals surface area contributed by atoms with Gasteiger partial charge in [0.25, 0.3) is 0 Å². The third-order valence-electron chi connectivity index (χ3n) is 2.24. The quantitative estimate of drug-likeness (QED) is 0.496. The minimum absolute atomic E-state index is 0.201. The molecular weight excluding hydrogens is 216 g/mol. The van der Waals surface area contributed by atoms with Gasteiger partial charge in [-0.25, -0.2) is 0 Å². The summed E-state index contributed by atoms with van der Waals surface area (Å²) in [4.78, 5) is 3.93. The standard InChI is InChI=1S/C13H12N2O2/c16-15-13(11-5-2-1-3-6-11)10-17-12-7-4-8-14-9-12/h1-9,16H,10H2/b15-13+. The number of hydrogen-bond acceptors (Lipinski definition) is 4. The number of rotatable bonds is 4. The fourth-order valence-electron chi connectivity index (χ4n) is 1.38. The fraction of sp³-hybridized carbons (Fsp3) is 0.0769. The number of pyridine rings is 1. The minimum atomic E-state index is 0.201. The largest absolute Gasteiger partial charge is 0.486 e. The van der Waals surface area contributed by atoms with Crippen molar-refractivity contribution in [2.24, 2.45) is 5.16 Å². The molecule has 1 N–H and O–H groups in total. The van der Waals surface area contributed by atoms with Crippen molar-refractivity contribution in [3.05, 3.63) is 60.4 Å². The molecule has 0 unspecified atom stereocenters. The summed E-state index contributed by atoms with van der Waals surface area (Å²) < 4.78 is 5.46. The maximum absolute atomic E-state index is 8.95. The van der Waals surface area contributed by atoms with Gasteiger partial charge < -0.3 is 9.94 Å². The van der Waals surface area contributed by atoms with E-state index in [-0.39, 0.29) is 6.61 Å². The van der Waals surface area contributed by atoms with E-state index in [0.717, 1.165) is 5.56 Å². The lowest BCUT2D eigenvalue weighted by Crippen LogP contribution is -2.13. The first kappa shape index (κ1) is 11.1. The van der Waals surface area contributed by atoms with Gasteiger partial charge in [0, 0.05) is 11.8 Å². The van der Waals surface area contributed by atoms with Crippen LogP contribution in [0.15, 0.2) is 60.0 Å². The van der Waals surface area contributed by atoms with E-state index in [0.29, 0.717) is 11.5 Å². The lowest BCUT2D eigenvalue weighted by Gasteiger charge is -2.07. The second kappa shape index (κ2) is 5.65. The molecule has 0 atom stereocenters. The van der Waals surface area contributed by atoms with Crippen LogP contribution >= 0.6 is 0 Å². The van der Waals surface area contributed by atoms with Gasteiger partial charge in [0.15, 0.2) is 0 Å². The van der Waals surface area contributed by atoms with E-state index >= 15 is 0 Å². The molecular formula is C13H12N2O2. The maximum Gasteiger partial charge on any atom is 0.138 e. The van der Waals surface area contributed by atoms with E-state index in [1.165, 1.54) is 0 Å². The molecule has 1 aromatic carbocycles. The molecule has 86 valence electrons. The molecule has 4 heteroatoms. The van der Waals surface area contributed by atoms with Gasteiger partial charge in [-0.1, -0.05) is 35.5 Å². The van der Waals surface area contributed by atoms with Crippen molar-refractivity contribution in [1.29, 1.82) is 0 Å². The van der Waals surface area contributed by atoms with Crippen LogP contribution < -0.4 is 4.74 Å². The summed E-state index contributed by atoms with van der Waals surface area (Å²) >= 11 is 0. The minimum Gasteiger partial charge on any atom is -0.486 e. The summed E-state index contributed by atoms with van der Waals surface area (Å²) in [6.07, 6.45) is 3.28. The monoisotopic (exact) mass is 228 g/mol. The van der Waals surface area contributed by atoms with Crippen molar-refractivity contribution >= 4 is 5.71 Å². The Balaban J connectivity index is 2.03. The highest BCUT2D eigenvalue weighted by atomic mass is 16.5. The van der Waals surface area contributed by atoms with Crippen LogP contribution in [-0.4, -0.2) is 22.5 Å². The molecule has 0 aliphatic heterocycles. The molecule has 1 heterocycles. The average molecular weight is 228 g/mol. The summed E-state index contributed by atoms with van der Waals surface area (Å²) in [5, 5.41) is 12.2. The zero-order chi connectivity index (χ0) is 11.9. The average Bonchev–Trinajstić information content (AvgIpc) is 2.42. The number of oxime groups is 1. The van der Waals surface area contributed by atoms with E-state index in [1.807, 2.05) is 30.3 Å². The number of nitrogens with zero attached hydrogens (tertiary/aromatic N) is 2. The van der Waals surface area contributed by atoms with E-state index < -0.39 is 0 Å². The van der Waals surface area contributed by atoms with Crippen LogP contribution in [-0.2, 0) is 0 Å². The van der Waals surface area contributed by atoms with Gasteiger partial charge in [-0.2, -0.15) is 0 Å². The molecule has 4 nitrogen and oxygen atoms in total. The number of ether oxygens (including phenoxy) is 1. The fourth-order valence-corrected chi connectivity index (χ4v) is 1.38. The topological polar surface area (TPSA) is 54.7 Å². The Labute approximate surface area is 99.2 Å². The molecule has 17 heavy (non-hydrogen) atoms. The number of hydrogen-bond donors (Lipinski definition) is 1.